The lowest BCUT2D eigenvalue weighted by atomic mass is 10.1. The first kappa shape index (κ1) is 15.3. The molecular formula is C14H22ClNO2. The van der Waals surface area contributed by atoms with Crippen molar-refractivity contribution in [3.63, 3.8) is 0 Å². The van der Waals surface area contributed by atoms with E-state index in [0.717, 1.165) is 25.1 Å². The van der Waals surface area contributed by atoms with Crippen LogP contribution in [0.2, 0.25) is 5.02 Å². The lowest BCUT2D eigenvalue weighted by molar-refractivity contribution is 0.0282. The fraction of sp³-hybridized carbons (Fsp3) is 0.571. The lowest BCUT2D eigenvalue weighted by Gasteiger charge is -2.20. The van der Waals surface area contributed by atoms with Gasteiger partial charge in [0.15, 0.2) is 0 Å². The topological polar surface area (TPSA) is 41.5 Å². The molecule has 3 nitrogen and oxygen atoms in total. The molecule has 0 unspecified atom stereocenters. The molecule has 102 valence electrons. The van der Waals surface area contributed by atoms with E-state index in [1.54, 1.807) is 19.9 Å². The van der Waals surface area contributed by atoms with Crippen LogP contribution in [0.25, 0.3) is 0 Å². The van der Waals surface area contributed by atoms with Crippen LogP contribution in [0.1, 0.15) is 32.8 Å². The summed E-state index contributed by atoms with van der Waals surface area (Å²) < 4.78 is 5.64. The van der Waals surface area contributed by atoms with Gasteiger partial charge < -0.3 is 15.2 Å². The van der Waals surface area contributed by atoms with Crippen LogP contribution in [0.15, 0.2) is 18.2 Å². The van der Waals surface area contributed by atoms with Gasteiger partial charge in [-0.15, -0.1) is 0 Å². The zero-order valence-electron chi connectivity index (χ0n) is 11.3. The zero-order valence-corrected chi connectivity index (χ0v) is 12.0. The summed E-state index contributed by atoms with van der Waals surface area (Å²) in [7, 11) is 0. The molecule has 18 heavy (non-hydrogen) atoms. The summed E-state index contributed by atoms with van der Waals surface area (Å²) in [6.07, 6.45) is 1.08. The van der Waals surface area contributed by atoms with Gasteiger partial charge in [0.05, 0.1) is 10.6 Å². The number of ether oxygens (including phenoxy) is 1. The van der Waals surface area contributed by atoms with Crippen LogP contribution >= 0.6 is 11.6 Å². The van der Waals surface area contributed by atoms with Gasteiger partial charge in [-0.1, -0.05) is 30.7 Å². The van der Waals surface area contributed by atoms with Crippen LogP contribution in [0, 0.1) is 0 Å². The third kappa shape index (κ3) is 5.25. The molecule has 0 radical (unpaired) electrons. The van der Waals surface area contributed by atoms with Crippen molar-refractivity contribution in [1.82, 2.24) is 5.32 Å². The van der Waals surface area contributed by atoms with Gasteiger partial charge >= 0.3 is 0 Å². The highest BCUT2D eigenvalue weighted by Gasteiger charge is 2.16. The molecular weight excluding hydrogens is 250 g/mol. The van der Waals surface area contributed by atoms with E-state index in [1.807, 2.05) is 12.1 Å². The van der Waals surface area contributed by atoms with Crippen LogP contribution < -0.4 is 10.1 Å². The molecule has 0 aromatic heterocycles. The van der Waals surface area contributed by atoms with Crippen molar-refractivity contribution in [3.8, 4) is 5.75 Å². The Morgan fingerprint density at radius 1 is 1.39 bits per heavy atom. The number of aliphatic hydroxyl groups is 1. The molecule has 1 rings (SSSR count). The van der Waals surface area contributed by atoms with Gasteiger partial charge in [0, 0.05) is 12.1 Å². The van der Waals surface area contributed by atoms with Crippen LogP contribution in [0.4, 0.5) is 0 Å². The Bertz CT molecular complexity index is 375. The number of para-hydroxylation sites is 1. The molecule has 0 bridgehead atoms. The van der Waals surface area contributed by atoms with Gasteiger partial charge in [0.25, 0.3) is 0 Å². The zero-order chi connectivity index (χ0) is 13.6. The fourth-order valence-electron chi connectivity index (χ4n) is 1.50. The molecule has 0 amide bonds. The minimum atomic E-state index is -0.868. The maximum atomic E-state index is 9.69. The Morgan fingerprint density at radius 2 is 2.11 bits per heavy atom. The average Bonchev–Trinajstić information content (AvgIpc) is 2.27. The van der Waals surface area contributed by atoms with E-state index in [2.05, 4.69) is 12.2 Å². The molecule has 0 aliphatic rings. The van der Waals surface area contributed by atoms with E-state index in [0.29, 0.717) is 10.8 Å². The van der Waals surface area contributed by atoms with Gasteiger partial charge in [-0.05, 0) is 32.9 Å². The Hall–Kier alpha value is -0.770. The Labute approximate surface area is 114 Å². The first-order chi connectivity index (χ1) is 8.44. The van der Waals surface area contributed by atoms with Crippen LogP contribution in [-0.2, 0) is 6.54 Å². The predicted molar refractivity (Wildman–Crippen MR) is 75.2 cm³/mol. The molecule has 4 heteroatoms. The lowest BCUT2D eigenvalue weighted by Crippen LogP contribution is -2.28. The maximum Gasteiger partial charge on any atom is 0.142 e. The first-order valence-corrected chi connectivity index (χ1v) is 6.65. The van der Waals surface area contributed by atoms with Crippen molar-refractivity contribution < 1.29 is 9.84 Å². The number of rotatable bonds is 7. The third-order valence-corrected chi connectivity index (χ3v) is 2.66. The van der Waals surface area contributed by atoms with E-state index in [9.17, 15) is 5.11 Å². The summed E-state index contributed by atoms with van der Waals surface area (Å²) in [5.74, 6) is 0.657. The van der Waals surface area contributed by atoms with Crippen LogP contribution in [0.3, 0.4) is 0 Å². The number of nitrogens with one attached hydrogen (secondary N) is 1. The van der Waals surface area contributed by atoms with Gasteiger partial charge in [0.1, 0.15) is 12.4 Å². The summed E-state index contributed by atoms with van der Waals surface area (Å²) in [5, 5.41) is 13.6. The molecule has 0 heterocycles. The number of benzene rings is 1. The molecule has 1 aromatic rings. The summed E-state index contributed by atoms with van der Waals surface area (Å²) in [4.78, 5) is 0. The van der Waals surface area contributed by atoms with Crippen molar-refractivity contribution in [1.29, 1.82) is 0 Å². The Morgan fingerprint density at radius 3 is 2.72 bits per heavy atom. The minimum Gasteiger partial charge on any atom is -0.489 e. The molecule has 0 fully saturated rings. The van der Waals surface area contributed by atoms with Crippen LogP contribution in [-0.4, -0.2) is 23.9 Å². The number of hydrogen-bond acceptors (Lipinski definition) is 3. The highest BCUT2D eigenvalue weighted by atomic mass is 35.5. The SMILES string of the molecule is CCCNCc1cccc(Cl)c1OCC(C)(C)O. The first-order valence-electron chi connectivity index (χ1n) is 6.27. The number of halogens is 1. The van der Waals surface area contributed by atoms with Crippen molar-refractivity contribution in [3.05, 3.63) is 28.8 Å². The second kappa shape index (κ2) is 6.98. The fourth-order valence-corrected chi connectivity index (χ4v) is 1.75. The van der Waals surface area contributed by atoms with Crippen molar-refractivity contribution >= 4 is 11.6 Å². The Kier molecular flexibility index (Phi) is 5.93. The van der Waals surface area contributed by atoms with Crippen molar-refractivity contribution in [2.24, 2.45) is 0 Å². The van der Waals surface area contributed by atoms with E-state index >= 15 is 0 Å². The summed E-state index contributed by atoms with van der Waals surface area (Å²) >= 11 is 6.14. The highest BCUT2D eigenvalue weighted by Crippen LogP contribution is 2.29. The van der Waals surface area contributed by atoms with Crippen molar-refractivity contribution in [2.45, 2.75) is 39.3 Å². The molecule has 0 aliphatic heterocycles. The standard InChI is InChI=1S/C14H22ClNO2/c1-4-8-16-9-11-6-5-7-12(15)13(11)18-10-14(2,3)17/h5-7,16-17H,4,8-10H2,1-3H3. The van der Waals surface area contributed by atoms with Crippen molar-refractivity contribution in [2.75, 3.05) is 13.2 Å². The van der Waals surface area contributed by atoms with E-state index in [1.165, 1.54) is 0 Å². The molecule has 0 spiro atoms. The Balaban J connectivity index is 2.74. The largest absolute Gasteiger partial charge is 0.489 e. The molecule has 0 atom stereocenters. The third-order valence-electron chi connectivity index (χ3n) is 2.36. The predicted octanol–water partition coefficient (Wildman–Crippen LogP) is 2.99. The van der Waals surface area contributed by atoms with Gasteiger partial charge in [-0.3, -0.25) is 0 Å². The molecule has 0 aliphatic carbocycles. The summed E-state index contributed by atoms with van der Waals surface area (Å²) in [6, 6.07) is 5.68. The molecule has 2 N–H and O–H groups in total. The molecule has 0 saturated carbocycles. The molecule has 1 aromatic carbocycles. The van der Waals surface area contributed by atoms with Gasteiger partial charge in [-0.25, -0.2) is 0 Å². The maximum absolute atomic E-state index is 9.69. The second-order valence-electron chi connectivity index (χ2n) is 5.01. The summed E-state index contributed by atoms with van der Waals surface area (Å²) in [6.45, 7) is 7.43. The van der Waals surface area contributed by atoms with Crippen LogP contribution in [0.5, 0.6) is 5.75 Å². The average molecular weight is 272 g/mol. The van der Waals surface area contributed by atoms with Gasteiger partial charge in [0.2, 0.25) is 0 Å². The minimum absolute atomic E-state index is 0.220. The van der Waals surface area contributed by atoms with Gasteiger partial charge in [-0.2, -0.15) is 0 Å². The molecule has 0 saturated heterocycles. The smallest absolute Gasteiger partial charge is 0.142 e. The highest BCUT2D eigenvalue weighted by molar-refractivity contribution is 6.32. The summed E-state index contributed by atoms with van der Waals surface area (Å²) in [5.41, 5.74) is 0.146. The quantitative estimate of drug-likeness (QED) is 0.749. The van der Waals surface area contributed by atoms with E-state index < -0.39 is 5.60 Å². The monoisotopic (exact) mass is 271 g/mol. The van der Waals surface area contributed by atoms with E-state index in [-0.39, 0.29) is 6.61 Å². The normalized spacial score (nSPS) is 11.6. The number of hydrogen-bond donors (Lipinski definition) is 2. The second-order valence-corrected chi connectivity index (χ2v) is 5.41. The van der Waals surface area contributed by atoms with E-state index in [4.69, 9.17) is 16.3 Å².